The Balaban J connectivity index is 1.26. The molecular weight excluding hydrogens is 544 g/mol. The van der Waals surface area contributed by atoms with Crippen molar-refractivity contribution >= 4 is 23.2 Å². The van der Waals surface area contributed by atoms with Crippen molar-refractivity contribution in [1.29, 1.82) is 0 Å². The summed E-state index contributed by atoms with van der Waals surface area (Å²) in [7, 11) is 0. The fraction of sp³-hybridized carbons (Fsp3) is 0.0741. The highest BCUT2D eigenvalue weighted by molar-refractivity contribution is 6.00. The monoisotopic (exact) mass is 564 g/mol. The summed E-state index contributed by atoms with van der Waals surface area (Å²) in [4.78, 5) is 24.5. The molecule has 0 saturated carbocycles. The number of nitrogen functional groups attached to an aromatic ring is 1. The molecule has 41 heavy (non-hydrogen) atoms. The Bertz CT molecular complexity index is 1700. The maximum atomic E-state index is 13.5. The summed E-state index contributed by atoms with van der Waals surface area (Å²) in [6.07, 6.45) is 2.09. The molecule has 3 heterocycles. The highest BCUT2D eigenvalue weighted by atomic mass is 19.4. The minimum absolute atomic E-state index is 0.0372. The molecule has 4 N–H and O–H groups in total. The van der Waals surface area contributed by atoms with Gasteiger partial charge in [-0.2, -0.15) is 18.3 Å². The number of ether oxygens (including phenoxy) is 1. The fourth-order valence-electron chi connectivity index (χ4n) is 3.76. The number of aryl methyl sites for hydroxylation is 1. The molecule has 14 heteroatoms. The quantitative estimate of drug-likeness (QED) is 0.209. The van der Waals surface area contributed by atoms with Crippen LogP contribution < -0.4 is 21.1 Å². The van der Waals surface area contributed by atoms with E-state index in [0.717, 1.165) is 23.9 Å². The standard InChI is InChI=1S/C27H20F4N8O2/c1-15-10-36-39(14-15)23-7-4-17(27(29,30)31)8-22(23)38-25(40)37-19-12-34-26(35-13-19)41-20-5-2-16(3-6-20)21-9-18(28)11-33-24(21)32/h2-14H,1H3,(H2,32,33)(H2,37,38,40). The lowest BCUT2D eigenvalue weighted by molar-refractivity contribution is -0.137. The van der Waals surface area contributed by atoms with E-state index < -0.39 is 23.6 Å². The first kappa shape index (κ1) is 27.1. The number of pyridine rings is 1. The number of hydrogen-bond donors (Lipinski definition) is 3. The van der Waals surface area contributed by atoms with Gasteiger partial charge in [-0.05, 0) is 54.4 Å². The van der Waals surface area contributed by atoms with Gasteiger partial charge in [-0.25, -0.2) is 28.8 Å². The molecular formula is C27H20F4N8O2. The summed E-state index contributed by atoms with van der Waals surface area (Å²) >= 11 is 0. The summed E-state index contributed by atoms with van der Waals surface area (Å²) in [6.45, 7) is 1.77. The van der Waals surface area contributed by atoms with E-state index in [4.69, 9.17) is 10.5 Å². The van der Waals surface area contributed by atoms with Crippen LogP contribution in [0.1, 0.15) is 11.1 Å². The molecule has 0 saturated heterocycles. The molecule has 0 aliphatic heterocycles. The predicted molar refractivity (Wildman–Crippen MR) is 142 cm³/mol. The first-order chi connectivity index (χ1) is 19.5. The van der Waals surface area contributed by atoms with E-state index in [9.17, 15) is 22.4 Å². The van der Waals surface area contributed by atoms with E-state index in [1.165, 1.54) is 35.4 Å². The second kappa shape index (κ2) is 10.9. The van der Waals surface area contributed by atoms with Gasteiger partial charge in [-0.3, -0.25) is 0 Å². The molecule has 0 bridgehead atoms. The molecule has 5 rings (SSSR count). The second-order valence-electron chi connectivity index (χ2n) is 8.74. The van der Waals surface area contributed by atoms with Gasteiger partial charge in [0.1, 0.15) is 17.4 Å². The van der Waals surface area contributed by atoms with Crippen molar-refractivity contribution in [3.8, 4) is 28.6 Å². The minimum atomic E-state index is -4.61. The van der Waals surface area contributed by atoms with Crippen molar-refractivity contribution in [2.75, 3.05) is 16.4 Å². The van der Waals surface area contributed by atoms with E-state index >= 15 is 0 Å². The Labute approximate surface area is 229 Å². The van der Waals surface area contributed by atoms with Crippen molar-refractivity contribution in [3.05, 3.63) is 96.5 Å². The number of alkyl halides is 3. The number of carbonyl (C=O) groups is 1. The van der Waals surface area contributed by atoms with Gasteiger partial charge in [0, 0.05) is 11.8 Å². The third-order valence-corrected chi connectivity index (χ3v) is 5.68. The molecule has 2 aromatic carbocycles. The molecule has 0 aliphatic carbocycles. The Morgan fingerprint density at radius 3 is 2.34 bits per heavy atom. The van der Waals surface area contributed by atoms with Crippen LogP contribution in [0.3, 0.4) is 0 Å². The van der Waals surface area contributed by atoms with Gasteiger partial charge < -0.3 is 21.1 Å². The topological polar surface area (TPSA) is 133 Å². The van der Waals surface area contributed by atoms with Crippen molar-refractivity contribution in [2.24, 2.45) is 0 Å². The Kier molecular flexibility index (Phi) is 7.20. The number of halogens is 4. The van der Waals surface area contributed by atoms with Crippen molar-refractivity contribution in [1.82, 2.24) is 24.7 Å². The number of aromatic nitrogens is 5. The van der Waals surface area contributed by atoms with Gasteiger partial charge >= 0.3 is 18.2 Å². The summed E-state index contributed by atoms with van der Waals surface area (Å²) < 4.78 is 60.4. The van der Waals surface area contributed by atoms with E-state index in [2.05, 4.69) is 30.7 Å². The number of nitrogens with zero attached hydrogens (tertiary/aromatic N) is 5. The van der Waals surface area contributed by atoms with Crippen LogP contribution in [-0.4, -0.2) is 30.8 Å². The van der Waals surface area contributed by atoms with Crippen LogP contribution in [0.25, 0.3) is 16.8 Å². The van der Waals surface area contributed by atoms with Crippen molar-refractivity contribution < 1.29 is 27.1 Å². The number of nitrogens with one attached hydrogen (secondary N) is 2. The molecule has 0 aliphatic rings. The van der Waals surface area contributed by atoms with Crippen LogP contribution in [0.5, 0.6) is 11.8 Å². The van der Waals surface area contributed by atoms with Crippen molar-refractivity contribution in [3.63, 3.8) is 0 Å². The Morgan fingerprint density at radius 1 is 0.951 bits per heavy atom. The average molecular weight is 565 g/mol. The number of urea groups is 1. The zero-order valence-electron chi connectivity index (χ0n) is 21.1. The number of amides is 2. The van der Waals surface area contributed by atoms with Gasteiger partial charge in [0.05, 0.1) is 47.4 Å². The van der Waals surface area contributed by atoms with E-state index in [-0.39, 0.29) is 28.9 Å². The molecule has 10 nitrogen and oxygen atoms in total. The molecule has 0 fully saturated rings. The number of nitrogens with two attached hydrogens (primary N) is 1. The van der Waals surface area contributed by atoms with Gasteiger partial charge in [0.25, 0.3) is 0 Å². The van der Waals surface area contributed by atoms with Gasteiger partial charge in [0.15, 0.2) is 0 Å². The maximum Gasteiger partial charge on any atom is 0.416 e. The lowest BCUT2D eigenvalue weighted by Crippen LogP contribution is -2.21. The highest BCUT2D eigenvalue weighted by Crippen LogP contribution is 2.33. The molecule has 5 aromatic rings. The number of benzene rings is 2. The van der Waals surface area contributed by atoms with Crippen LogP contribution in [0.2, 0.25) is 0 Å². The average Bonchev–Trinajstić information content (AvgIpc) is 3.37. The number of rotatable bonds is 6. The van der Waals surface area contributed by atoms with E-state index in [1.54, 1.807) is 37.4 Å². The van der Waals surface area contributed by atoms with Gasteiger partial charge in [-0.15, -0.1) is 0 Å². The van der Waals surface area contributed by atoms with Crippen molar-refractivity contribution in [2.45, 2.75) is 13.1 Å². The molecule has 0 radical (unpaired) electrons. The third kappa shape index (κ3) is 6.38. The first-order valence-corrected chi connectivity index (χ1v) is 11.9. The largest absolute Gasteiger partial charge is 0.424 e. The van der Waals surface area contributed by atoms with E-state index in [0.29, 0.717) is 16.9 Å². The molecule has 208 valence electrons. The zero-order chi connectivity index (χ0) is 29.1. The molecule has 3 aromatic heterocycles. The Hall–Kier alpha value is -5.53. The third-order valence-electron chi connectivity index (χ3n) is 5.68. The van der Waals surface area contributed by atoms with Gasteiger partial charge in [0.2, 0.25) is 0 Å². The summed E-state index contributed by atoms with van der Waals surface area (Å²) in [6, 6.07) is 9.90. The summed E-state index contributed by atoms with van der Waals surface area (Å²) in [5, 5.41) is 9.00. The summed E-state index contributed by atoms with van der Waals surface area (Å²) in [5.74, 6) is 0.0333. The van der Waals surface area contributed by atoms with Crippen LogP contribution in [0.15, 0.2) is 79.5 Å². The Morgan fingerprint density at radius 2 is 1.68 bits per heavy atom. The lowest BCUT2D eigenvalue weighted by Gasteiger charge is -2.15. The smallest absolute Gasteiger partial charge is 0.416 e. The molecule has 0 atom stereocenters. The fourth-order valence-corrected chi connectivity index (χ4v) is 3.76. The lowest BCUT2D eigenvalue weighted by atomic mass is 10.1. The van der Waals surface area contributed by atoms with Crippen LogP contribution in [0, 0.1) is 12.7 Å². The summed E-state index contributed by atoms with van der Waals surface area (Å²) in [5.41, 5.74) is 7.01. The van der Waals surface area contributed by atoms with E-state index in [1.807, 2.05) is 0 Å². The SMILES string of the molecule is Cc1cnn(-c2ccc(C(F)(F)F)cc2NC(=O)Nc2cnc(Oc3ccc(-c4cc(F)cnc4N)cc3)nc2)c1. The van der Waals surface area contributed by atoms with Crippen LogP contribution in [-0.2, 0) is 6.18 Å². The maximum absolute atomic E-state index is 13.5. The highest BCUT2D eigenvalue weighted by Gasteiger charge is 2.31. The van der Waals surface area contributed by atoms with Crippen LogP contribution >= 0.6 is 0 Å². The molecule has 0 spiro atoms. The molecule has 0 unspecified atom stereocenters. The number of hydrogen-bond acceptors (Lipinski definition) is 7. The minimum Gasteiger partial charge on any atom is -0.424 e. The molecule has 2 amide bonds. The zero-order valence-corrected chi connectivity index (χ0v) is 21.1. The predicted octanol–water partition coefficient (Wildman–Crippen LogP) is 6.21. The second-order valence-corrected chi connectivity index (χ2v) is 8.74. The van der Waals surface area contributed by atoms with Gasteiger partial charge in [-0.1, -0.05) is 12.1 Å². The number of anilines is 3. The number of carbonyl (C=O) groups excluding carboxylic acids is 1. The van der Waals surface area contributed by atoms with Crippen LogP contribution in [0.4, 0.5) is 39.5 Å². The normalized spacial score (nSPS) is 11.2. The first-order valence-electron chi connectivity index (χ1n) is 11.9.